The summed E-state index contributed by atoms with van der Waals surface area (Å²) < 4.78 is 52.7. The molecule has 3 N–H and O–H groups in total. The molecule has 0 saturated heterocycles. The van der Waals surface area contributed by atoms with E-state index in [2.05, 4.69) is 4.72 Å². The second-order valence-corrected chi connectivity index (χ2v) is 6.76. The summed E-state index contributed by atoms with van der Waals surface area (Å²) in [6.45, 7) is 1.88. The van der Waals surface area contributed by atoms with E-state index in [0.717, 1.165) is 25.0 Å². The third kappa shape index (κ3) is 3.46. The first-order valence-corrected chi connectivity index (χ1v) is 7.46. The van der Waals surface area contributed by atoms with E-state index in [1.54, 1.807) is 6.92 Å². The maximum atomic E-state index is 13.1. The Labute approximate surface area is 123 Å². The van der Waals surface area contributed by atoms with Gasteiger partial charge in [-0.3, -0.25) is 0 Å². The predicted octanol–water partition coefficient (Wildman–Crippen LogP) is 1.79. The van der Waals surface area contributed by atoms with E-state index in [9.17, 15) is 17.2 Å². The molecule has 8 heteroatoms. The summed E-state index contributed by atoms with van der Waals surface area (Å²) in [5, 5.41) is 0. The zero-order valence-corrected chi connectivity index (χ0v) is 12.5. The largest absolute Gasteiger partial charge is 0.329 e. The Kier molecular flexibility index (Phi) is 5.13. The fourth-order valence-electron chi connectivity index (χ4n) is 2.02. The zero-order valence-electron chi connectivity index (χ0n) is 10.9. The molecule has 114 valence electrons. The van der Waals surface area contributed by atoms with Gasteiger partial charge in [0.15, 0.2) is 11.6 Å². The second-order valence-electron chi connectivity index (χ2n) is 5.08. The Bertz CT molecular complexity index is 593. The highest BCUT2D eigenvalue weighted by Gasteiger charge is 2.43. The SMILES string of the molecule is CC(CN)(NS(=O)(=O)c1ccc(F)c(F)c1)C1CC1.Cl. The van der Waals surface area contributed by atoms with E-state index in [1.165, 1.54) is 0 Å². The molecular weight excluding hydrogens is 310 g/mol. The van der Waals surface area contributed by atoms with Crippen LogP contribution in [0.25, 0.3) is 0 Å². The first-order valence-electron chi connectivity index (χ1n) is 5.97. The number of hydrogen-bond donors (Lipinski definition) is 2. The normalized spacial score (nSPS) is 18.2. The summed E-state index contributed by atoms with van der Waals surface area (Å²) >= 11 is 0. The van der Waals surface area contributed by atoms with Crippen molar-refractivity contribution < 1.29 is 17.2 Å². The average Bonchev–Trinajstić information content (AvgIpc) is 3.16. The van der Waals surface area contributed by atoms with E-state index in [4.69, 9.17) is 5.73 Å². The molecular formula is C12H17ClF2N2O2S. The summed E-state index contributed by atoms with van der Waals surface area (Å²) in [6, 6.07) is 2.49. The molecule has 0 aromatic heterocycles. The van der Waals surface area contributed by atoms with Crippen LogP contribution in [0.2, 0.25) is 0 Å². The summed E-state index contributed by atoms with van der Waals surface area (Å²) in [4.78, 5) is -0.299. The van der Waals surface area contributed by atoms with Crippen molar-refractivity contribution in [3.05, 3.63) is 29.8 Å². The second kappa shape index (κ2) is 5.93. The van der Waals surface area contributed by atoms with Crippen molar-refractivity contribution in [3.63, 3.8) is 0 Å². The summed E-state index contributed by atoms with van der Waals surface area (Å²) in [7, 11) is -3.91. The van der Waals surface area contributed by atoms with Gasteiger partial charge in [-0.05, 0) is 43.9 Å². The number of rotatable bonds is 5. The molecule has 4 nitrogen and oxygen atoms in total. The third-order valence-electron chi connectivity index (χ3n) is 3.47. The van der Waals surface area contributed by atoms with Crippen molar-refractivity contribution in [1.82, 2.24) is 4.72 Å². The van der Waals surface area contributed by atoms with E-state index in [1.807, 2.05) is 0 Å². The minimum Gasteiger partial charge on any atom is -0.329 e. The van der Waals surface area contributed by atoms with E-state index in [-0.39, 0.29) is 29.8 Å². The van der Waals surface area contributed by atoms with Gasteiger partial charge in [-0.15, -0.1) is 12.4 Å². The van der Waals surface area contributed by atoms with Crippen LogP contribution in [0.1, 0.15) is 19.8 Å². The molecule has 0 heterocycles. The average molecular weight is 327 g/mol. The van der Waals surface area contributed by atoms with Gasteiger partial charge in [0.05, 0.1) is 4.90 Å². The number of benzene rings is 1. The molecule has 2 rings (SSSR count). The molecule has 1 saturated carbocycles. The van der Waals surface area contributed by atoms with Crippen LogP contribution in [0.4, 0.5) is 8.78 Å². The fourth-order valence-corrected chi connectivity index (χ4v) is 3.51. The molecule has 1 aliphatic carbocycles. The van der Waals surface area contributed by atoms with Gasteiger partial charge >= 0.3 is 0 Å². The van der Waals surface area contributed by atoms with Crippen molar-refractivity contribution in [3.8, 4) is 0 Å². The van der Waals surface area contributed by atoms with E-state index in [0.29, 0.717) is 6.07 Å². The highest BCUT2D eigenvalue weighted by atomic mass is 35.5. The standard InChI is InChI=1S/C12H16F2N2O2S.ClH/c1-12(7-15,8-2-3-8)16-19(17,18)9-4-5-10(13)11(14)6-9;/h4-6,8,16H,2-3,7,15H2,1H3;1H. The first kappa shape index (κ1) is 17.3. The quantitative estimate of drug-likeness (QED) is 0.866. The maximum absolute atomic E-state index is 13.1. The van der Waals surface area contributed by atoms with Gasteiger partial charge < -0.3 is 5.73 Å². The summed E-state index contributed by atoms with van der Waals surface area (Å²) in [5.41, 5.74) is 4.88. The Morgan fingerprint density at radius 3 is 2.40 bits per heavy atom. The van der Waals surface area contributed by atoms with Gasteiger partial charge in [-0.25, -0.2) is 21.9 Å². The minimum absolute atomic E-state index is 0. The van der Waals surface area contributed by atoms with Crippen molar-refractivity contribution in [2.75, 3.05) is 6.54 Å². The molecule has 1 aromatic rings. The molecule has 1 aliphatic rings. The summed E-state index contributed by atoms with van der Waals surface area (Å²) in [5.74, 6) is -2.08. The number of halogens is 3. The van der Waals surface area contributed by atoms with Crippen molar-refractivity contribution in [2.45, 2.75) is 30.2 Å². The molecule has 1 atom stereocenters. The topological polar surface area (TPSA) is 72.2 Å². The van der Waals surface area contributed by atoms with Crippen molar-refractivity contribution in [1.29, 1.82) is 0 Å². The zero-order chi connectivity index (χ0) is 14.3. The Morgan fingerprint density at radius 2 is 1.95 bits per heavy atom. The minimum atomic E-state index is -3.91. The molecule has 1 unspecified atom stereocenters. The lowest BCUT2D eigenvalue weighted by atomic mass is 9.98. The molecule has 20 heavy (non-hydrogen) atoms. The molecule has 1 fully saturated rings. The van der Waals surface area contributed by atoms with Gasteiger partial charge in [0.2, 0.25) is 10.0 Å². The van der Waals surface area contributed by atoms with Crippen LogP contribution < -0.4 is 10.5 Å². The van der Waals surface area contributed by atoms with Gasteiger partial charge in [-0.2, -0.15) is 0 Å². The van der Waals surface area contributed by atoms with E-state index < -0.39 is 27.2 Å². The van der Waals surface area contributed by atoms with Crippen LogP contribution in [0.3, 0.4) is 0 Å². The monoisotopic (exact) mass is 326 g/mol. The summed E-state index contributed by atoms with van der Waals surface area (Å²) in [6.07, 6.45) is 1.82. The Morgan fingerprint density at radius 1 is 1.35 bits per heavy atom. The van der Waals surface area contributed by atoms with Gasteiger partial charge in [0, 0.05) is 12.1 Å². The Balaban J connectivity index is 0.00000200. The molecule has 0 amide bonds. The molecule has 0 aliphatic heterocycles. The van der Waals surface area contributed by atoms with Gasteiger partial charge in [0.1, 0.15) is 0 Å². The van der Waals surface area contributed by atoms with Crippen LogP contribution in [0, 0.1) is 17.6 Å². The van der Waals surface area contributed by atoms with Gasteiger partial charge in [0.25, 0.3) is 0 Å². The molecule has 0 bridgehead atoms. The molecule has 0 radical (unpaired) electrons. The van der Waals surface area contributed by atoms with Crippen LogP contribution >= 0.6 is 12.4 Å². The lowest BCUT2D eigenvalue weighted by molar-refractivity contribution is 0.374. The number of nitrogens with two attached hydrogens (primary N) is 1. The number of hydrogen-bond acceptors (Lipinski definition) is 3. The van der Waals surface area contributed by atoms with Crippen LogP contribution in [0.15, 0.2) is 23.1 Å². The Hall–Kier alpha value is -0.760. The lowest BCUT2D eigenvalue weighted by Crippen LogP contribution is -2.52. The van der Waals surface area contributed by atoms with Gasteiger partial charge in [-0.1, -0.05) is 0 Å². The van der Waals surface area contributed by atoms with Crippen LogP contribution in [0.5, 0.6) is 0 Å². The predicted molar refractivity (Wildman–Crippen MR) is 74.1 cm³/mol. The smallest absolute Gasteiger partial charge is 0.241 e. The maximum Gasteiger partial charge on any atom is 0.241 e. The molecule has 1 aromatic carbocycles. The highest BCUT2D eigenvalue weighted by molar-refractivity contribution is 7.89. The lowest BCUT2D eigenvalue weighted by Gasteiger charge is -2.29. The number of nitrogens with one attached hydrogen (secondary N) is 1. The third-order valence-corrected chi connectivity index (χ3v) is 5.08. The van der Waals surface area contributed by atoms with Crippen LogP contribution in [-0.2, 0) is 10.0 Å². The fraction of sp³-hybridized carbons (Fsp3) is 0.500. The van der Waals surface area contributed by atoms with Crippen molar-refractivity contribution >= 4 is 22.4 Å². The highest BCUT2D eigenvalue weighted by Crippen LogP contribution is 2.39. The van der Waals surface area contributed by atoms with E-state index >= 15 is 0 Å². The molecule has 0 spiro atoms. The van der Waals surface area contributed by atoms with Crippen LogP contribution in [-0.4, -0.2) is 20.5 Å². The number of sulfonamides is 1. The first-order chi connectivity index (χ1) is 8.78. The van der Waals surface area contributed by atoms with Crippen molar-refractivity contribution in [2.24, 2.45) is 11.7 Å².